The van der Waals surface area contributed by atoms with Crippen LogP contribution in [0.25, 0.3) is 0 Å². The van der Waals surface area contributed by atoms with Crippen molar-refractivity contribution in [1.29, 1.82) is 0 Å². The molecule has 112 valence electrons. The molecule has 1 rings (SSSR count). The number of ether oxygens (including phenoxy) is 2. The van der Waals surface area contributed by atoms with Crippen LogP contribution in [0.5, 0.6) is 11.5 Å². The first-order valence-corrected chi connectivity index (χ1v) is 5.86. The van der Waals surface area contributed by atoms with Crippen LogP contribution in [0.15, 0.2) is 12.1 Å². The highest BCUT2D eigenvalue weighted by Crippen LogP contribution is 2.28. The van der Waals surface area contributed by atoms with Crippen molar-refractivity contribution in [2.24, 2.45) is 0 Å². The number of aryl methyl sites for hydroxylation is 1. The van der Waals surface area contributed by atoms with Gasteiger partial charge in [-0.1, -0.05) is 0 Å². The zero-order valence-electron chi connectivity index (χ0n) is 11.4. The van der Waals surface area contributed by atoms with Crippen molar-refractivity contribution in [3.63, 3.8) is 0 Å². The van der Waals surface area contributed by atoms with Crippen LogP contribution in [0.1, 0.15) is 11.1 Å². The number of carbonyl (C=O) groups is 1. The average Bonchev–Trinajstić information content (AvgIpc) is 2.38. The van der Waals surface area contributed by atoms with Gasteiger partial charge in [0.1, 0.15) is 11.5 Å². The number of carbonyl (C=O) groups excluding carboxylic acids is 1. The van der Waals surface area contributed by atoms with Gasteiger partial charge in [0.25, 0.3) is 0 Å². The zero-order valence-corrected chi connectivity index (χ0v) is 11.4. The third-order valence-corrected chi connectivity index (χ3v) is 2.74. The van der Waals surface area contributed by atoms with Gasteiger partial charge < -0.3 is 14.8 Å². The first kappa shape index (κ1) is 16.1. The maximum Gasteiger partial charge on any atom is 0.471 e. The molecule has 1 N–H and O–H groups in total. The zero-order chi connectivity index (χ0) is 15.3. The van der Waals surface area contributed by atoms with Gasteiger partial charge in [-0.2, -0.15) is 13.2 Å². The maximum absolute atomic E-state index is 12.0. The van der Waals surface area contributed by atoms with Crippen molar-refractivity contribution in [1.82, 2.24) is 5.32 Å². The second-order valence-electron chi connectivity index (χ2n) is 4.14. The van der Waals surface area contributed by atoms with Gasteiger partial charge in [-0.25, -0.2) is 0 Å². The molecule has 0 saturated heterocycles. The molecule has 20 heavy (non-hydrogen) atoms. The van der Waals surface area contributed by atoms with E-state index < -0.39 is 12.1 Å². The lowest BCUT2D eigenvalue weighted by molar-refractivity contribution is -0.173. The van der Waals surface area contributed by atoms with Gasteiger partial charge in [-0.05, 0) is 36.6 Å². The van der Waals surface area contributed by atoms with Gasteiger partial charge in [0.15, 0.2) is 0 Å². The number of methoxy groups -OCH3 is 2. The third-order valence-electron chi connectivity index (χ3n) is 2.74. The molecule has 0 atom stereocenters. The van der Waals surface area contributed by atoms with Gasteiger partial charge in [-0.15, -0.1) is 0 Å². The Morgan fingerprint density at radius 2 is 1.80 bits per heavy atom. The van der Waals surface area contributed by atoms with Crippen LogP contribution in [0.2, 0.25) is 0 Å². The molecule has 1 aromatic rings. The molecule has 1 amide bonds. The first-order chi connectivity index (χ1) is 9.29. The lowest BCUT2D eigenvalue weighted by atomic mass is 10.1. The first-order valence-electron chi connectivity index (χ1n) is 5.86. The van der Waals surface area contributed by atoms with Crippen LogP contribution >= 0.6 is 0 Å². The van der Waals surface area contributed by atoms with Gasteiger partial charge in [0.05, 0.1) is 14.2 Å². The monoisotopic (exact) mass is 291 g/mol. The van der Waals surface area contributed by atoms with Crippen molar-refractivity contribution in [2.45, 2.75) is 19.5 Å². The summed E-state index contributed by atoms with van der Waals surface area (Å²) in [5, 5.41) is 1.81. The molecule has 0 radical (unpaired) electrons. The van der Waals surface area contributed by atoms with Crippen LogP contribution in [-0.2, 0) is 11.2 Å². The molecule has 0 spiro atoms. The van der Waals surface area contributed by atoms with E-state index in [0.29, 0.717) is 17.1 Å². The average molecular weight is 291 g/mol. The second-order valence-corrected chi connectivity index (χ2v) is 4.14. The predicted molar refractivity (Wildman–Crippen MR) is 67.1 cm³/mol. The van der Waals surface area contributed by atoms with E-state index in [4.69, 9.17) is 9.47 Å². The Kier molecular flexibility index (Phi) is 5.24. The molecule has 0 aromatic heterocycles. The summed E-state index contributed by atoms with van der Waals surface area (Å²) in [4.78, 5) is 10.7. The fraction of sp³-hybridized carbons (Fsp3) is 0.462. The normalized spacial score (nSPS) is 11.1. The molecule has 1 aromatic carbocycles. The number of alkyl halides is 3. The molecule has 4 nitrogen and oxygen atoms in total. The fourth-order valence-electron chi connectivity index (χ4n) is 1.72. The Labute approximate surface area is 114 Å². The molecular weight excluding hydrogens is 275 g/mol. The van der Waals surface area contributed by atoms with Gasteiger partial charge in [-0.3, -0.25) is 4.79 Å². The van der Waals surface area contributed by atoms with Crippen LogP contribution in [-0.4, -0.2) is 32.8 Å². The predicted octanol–water partition coefficient (Wildman–Crippen LogP) is 2.23. The van der Waals surface area contributed by atoms with Crippen molar-refractivity contribution in [3.8, 4) is 11.5 Å². The Bertz CT molecular complexity index is 486. The number of benzene rings is 1. The van der Waals surface area contributed by atoms with Crippen LogP contribution in [0.4, 0.5) is 13.2 Å². The largest absolute Gasteiger partial charge is 0.496 e. The molecule has 0 unspecified atom stereocenters. The number of halogens is 3. The number of hydrogen-bond acceptors (Lipinski definition) is 3. The van der Waals surface area contributed by atoms with E-state index in [2.05, 4.69) is 0 Å². The van der Waals surface area contributed by atoms with Gasteiger partial charge in [0, 0.05) is 6.54 Å². The molecule has 0 heterocycles. The number of nitrogens with one attached hydrogen (secondary N) is 1. The SMILES string of the molecule is COc1cc(CCNC(=O)C(F)(F)F)c(OC)cc1C. The van der Waals surface area contributed by atoms with Crippen molar-refractivity contribution < 1.29 is 27.4 Å². The smallest absolute Gasteiger partial charge is 0.471 e. The Balaban J connectivity index is 2.75. The highest BCUT2D eigenvalue weighted by molar-refractivity contribution is 5.81. The minimum absolute atomic E-state index is 0.138. The summed E-state index contributed by atoms with van der Waals surface area (Å²) in [7, 11) is 2.98. The van der Waals surface area contributed by atoms with E-state index in [-0.39, 0.29) is 13.0 Å². The topological polar surface area (TPSA) is 47.6 Å². The minimum Gasteiger partial charge on any atom is -0.496 e. The molecule has 0 bridgehead atoms. The van der Waals surface area contributed by atoms with Gasteiger partial charge in [0.2, 0.25) is 0 Å². The third kappa shape index (κ3) is 4.04. The maximum atomic E-state index is 12.0. The van der Waals surface area contributed by atoms with E-state index in [1.165, 1.54) is 14.2 Å². The van der Waals surface area contributed by atoms with Gasteiger partial charge >= 0.3 is 12.1 Å². The van der Waals surface area contributed by atoms with Crippen molar-refractivity contribution >= 4 is 5.91 Å². The summed E-state index contributed by atoms with van der Waals surface area (Å²) in [6, 6.07) is 3.42. The Morgan fingerprint density at radius 1 is 1.20 bits per heavy atom. The van der Waals surface area contributed by atoms with E-state index in [9.17, 15) is 18.0 Å². The summed E-state index contributed by atoms with van der Waals surface area (Å²) < 4.78 is 46.4. The summed E-state index contributed by atoms with van der Waals surface area (Å²) in [5.74, 6) is -0.789. The highest BCUT2D eigenvalue weighted by Gasteiger charge is 2.38. The Morgan fingerprint density at radius 3 is 2.30 bits per heavy atom. The molecule has 0 fully saturated rings. The molecule has 0 aliphatic heterocycles. The molecule has 0 aliphatic carbocycles. The summed E-state index contributed by atoms with van der Waals surface area (Å²) in [5.41, 5.74) is 1.52. The van der Waals surface area contributed by atoms with E-state index in [1.54, 1.807) is 12.1 Å². The van der Waals surface area contributed by atoms with Crippen LogP contribution in [0, 0.1) is 6.92 Å². The van der Waals surface area contributed by atoms with E-state index in [0.717, 1.165) is 5.56 Å². The Hall–Kier alpha value is -1.92. The molecule has 7 heteroatoms. The summed E-state index contributed by atoms with van der Waals surface area (Å²) in [6.07, 6.45) is -4.66. The quantitative estimate of drug-likeness (QED) is 0.905. The van der Waals surface area contributed by atoms with Crippen LogP contribution < -0.4 is 14.8 Å². The highest BCUT2D eigenvalue weighted by atomic mass is 19.4. The summed E-state index contributed by atoms with van der Waals surface area (Å²) in [6.45, 7) is 1.69. The molecule has 0 aliphatic rings. The van der Waals surface area contributed by atoms with Crippen molar-refractivity contribution in [2.75, 3.05) is 20.8 Å². The lowest BCUT2D eigenvalue weighted by Gasteiger charge is -2.13. The minimum atomic E-state index is -4.87. The lowest BCUT2D eigenvalue weighted by Crippen LogP contribution is -2.37. The molecular formula is C13H16F3NO3. The standard InChI is InChI=1S/C13H16F3NO3/c1-8-6-11(20-3)9(7-10(8)19-2)4-5-17-12(18)13(14,15)16/h6-7H,4-5H2,1-3H3,(H,17,18). The van der Waals surface area contributed by atoms with Crippen LogP contribution in [0.3, 0.4) is 0 Å². The fourth-order valence-corrected chi connectivity index (χ4v) is 1.72. The number of amides is 1. The summed E-state index contributed by atoms with van der Waals surface area (Å²) >= 11 is 0. The molecule has 0 saturated carbocycles. The van der Waals surface area contributed by atoms with E-state index in [1.807, 2.05) is 12.2 Å². The van der Waals surface area contributed by atoms with E-state index >= 15 is 0 Å². The number of hydrogen-bond donors (Lipinski definition) is 1. The second kappa shape index (κ2) is 6.49. The number of rotatable bonds is 5. The van der Waals surface area contributed by atoms with Crippen molar-refractivity contribution in [3.05, 3.63) is 23.3 Å².